The van der Waals surface area contributed by atoms with E-state index in [1.165, 1.54) is 0 Å². The minimum absolute atomic E-state index is 0.788. The van der Waals surface area contributed by atoms with E-state index in [0.717, 1.165) is 51.4 Å². The molecule has 114 valence electrons. The Morgan fingerprint density at radius 2 is 1.78 bits per heavy atom. The van der Waals surface area contributed by atoms with Crippen LogP contribution in [0.15, 0.2) is 54.6 Å². The number of aldehydes is 1. The number of halogens is 1. The second-order valence-corrected chi connectivity index (χ2v) is 6.28. The largest absolute Gasteiger partial charge is 0.335 e. The Kier molecular flexibility index (Phi) is 5.14. The van der Waals surface area contributed by atoms with Gasteiger partial charge >= 0.3 is 0 Å². The normalized spacial score (nSPS) is 10.3. The van der Waals surface area contributed by atoms with Crippen LogP contribution >= 0.6 is 22.6 Å². The van der Waals surface area contributed by atoms with E-state index < -0.39 is 0 Å². The maximum atomic E-state index is 11.3. The van der Waals surface area contributed by atoms with Crippen molar-refractivity contribution in [1.82, 2.24) is 4.57 Å². The summed E-state index contributed by atoms with van der Waals surface area (Å²) in [6.45, 7) is 0.871. The molecule has 0 unspecified atom stereocenters. The standard InChI is InChI=1S/C20H16INO/c21-20-18(15-23)17-12-6-7-13-19(17)22(20)14-8-2-5-11-16-9-3-1-4-10-16/h1,3-4,6-7,9-10,12-13,15H,2,8,14H2. The van der Waals surface area contributed by atoms with Gasteiger partial charge in [0.1, 0.15) is 0 Å². The number of aryl methyl sites for hydroxylation is 1. The summed E-state index contributed by atoms with van der Waals surface area (Å²) >= 11 is 2.26. The minimum atomic E-state index is 0.788. The molecule has 0 fully saturated rings. The van der Waals surface area contributed by atoms with Gasteiger partial charge in [-0.05, 0) is 47.2 Å². The lowest BCUT2D eigenvalue weighted by molar-refractivity contribution is 0.112. The number of rotatable bonds is 4. The van der Waals surface area contributed by atoms with Crippen LogP contribution in [0.5, 0.6) is 0 Å². The van der Waals surface area contributed by atoms with E-state index in [-0.39, 0.29) is 0 Å². The van der Waals surface area contributed by atoms with Crippen LogP contribution in [0, 0.1) is 15.5 Å². The zero-order valence-corrected chi connectivity index (χ0v) is 14.8. The Labute approximate surface area is 149 Å². The summed E-state index contributed by atoms with van der Waals surface area (Å²) in [6, 6.07) is 18.1. The highest BCUT2D eigenvalue weighted by molar-refractivity contribution is 14.1. The van der Waals surface area contributed by atoms with Crippen molar-refractivity contribution in [3.63, 3.8) is 0 Å². The lowest BCUT2D eigenvalue weighted by atomic mass is 10.2. The molecule has 1 aromatic heterocycles. The number of benzene rings is 2. The molecule has 3 rings (SSSR count). The summed E-state index contributed by atoms with van der Waals surface area (Å²) in [5, 5.41) is 1.03. The SMILES string of the molecule is O=Cc1c(I)n(CCCC#Cc2ccccc2)c2ccccc12. The molecule has 0 saturated heterocycles. The van der Waals surface area contributed by atoms with Crippen molar-refractivity contribution in [1.29, 1.82) is 0 Å². The molecule has 0 aliphatic carbocycles. The molecule has 2 nitrogen and oxygen atoms in total. The van der Waals surface area contributed by atoms with Gasteiger partial charge in [0, 0.05) is 29.4 Å². The van der Waals surface area contributed by atoms with Crippen LogP contribution in [0.2, 0.25) is 0 Å². The molecule has 0 amide bonds. The Balaban J connectivity index is 1.72. The van der Waals surface area contributed by atoms with Crippen molar-refractivity contribution in [2.75, 3.05) is 0 Å². The minimum Gasteiger partial charge on any atom is -0.335 e. The lowest BCUT2D eigenvalue weighted by Gasteiger charge is -2.05. The van der Waals surface area contributed by atoms with Crippen molar-refractivity contribution >= 4 is 39.8 Å². The van der Waals surface area contributed by atoms with Gasteiger partial charge in [-0.15, -0.1) is 0 Å². The predicted octanol–water partition coefficient (Wildman–Crippen LogP) is 4.89. The van der Waals surface area contributed by atoms with E-state index in [9.17, 15) is 4.79 Å². The molecule has 0 radical (unpaired) electrons. The lowest BCUT2D eigenvalue weighted by Crippen LogP contribution is -2.00. The fourth-order valence-corrected chi connectivity index (χ4v) is 3.56. The summed E-state index contributed by atoms with van der Waals surface area (Å²) in [7, 11) is 0. The summed E-state index contributed by atoms with van der Waals surface area (Å²) in [4.78, 5) is 11.3. The number of carbonyl (C=O) groups is 1. The molecular weight excluding hydrogens is 397 g/mol. The molecule has 0 saturated carbocycles. The number of nitrogens with zero attached hydrogens (tertiary/aromatic N) is 1. The van der Waals surface area contributed by atoms with Crippen molar-refractivity contribution in [3.8, 4) is 11.8 Å². The molecule has 3 aromatic rings. The highest BCUT2D eigenvalue weighted by atomic mass is 127. The zero-order valence-electron chi connectivity index (χ0n) is 12.6. The van der Waals surface area contributed by atoms with Crippen LogP contribution in [-0.2, 0) is 6.54 Å². The van der Waals surface area contributed by atoms with E-state index in [1.807, 2.05) is 48.5 Å². The number of aromatic nitrogens is 1. The van der Waals surface area contributed by atoms with Crippen LogP contribution in [0.3, 0.4) is 0 Å². The van der Waals surface area contributed by atoms with Gasteiger partial charge in [-0.1, -0.05) is 48.2 Å². The molecule has 2 aromatic carbocycles. The molecule has 23 heavy (non-hydrogen) atoms. The summed E-state index contributed by atoms with van der Waals surface area (Å²) in [5.41, 5.74) is 2.96. The first-order chi connectivity index (χ1) is 11.3. The van der Waals surface area contributed by atoms with Gasteiger partial charge in [-0.3, -0.25) is 4.79 Å². The third-order valence-corrected chi connectivity index (χ3v) is 4.92. The zero-order chi connectivity index (χ0) is 16.1. The number of carbonyl (C=O) groups excluding carboxylic acids is 1. The number of fused-ring (bicyclic) bond motifs is 1. The van der Waals surface area contributed by atoms with Gasteiger partial charge in [-0.25, -0.2) is 0 Å². The van der Waals surface area contributed by atoms with Crippen molar-refractivity contribution in [3.05, 3.63) is 69.4 Å². The Morgan fingerprint density at radius 3 is 2.57 bits per heavy atom. The van der Waals surface area contributed by atoms with E-state index in [2.05, 4.69) is 45.1 Å². The molecule has 0 atom stereocenters. The van der Waals surface area contributed by atoms with Crippen molar-refractivity contribution < 1.29 is 4.79 Å². The van der Waals surface area contributed by atoms with Crippen LogP contribution in [0.4, 0.5) is 0 Å². The first-order valence-corrected chi connectivity index (χ1v) is 8.65. The van der Waals surface area contributed by atoms with Crippen LogP contribution in [0.25, 0.3) is 10.9 Å². The van der Waals surface area contributed by atoms with Crippen LogP contribution in [0.1, 0.15) is 28.8 Å². The van der Waals surface area contributed by atoms with Gasteiger partial charge in [0.25, 0.3) is 0 Å². The number of para-hydroxylation sites is 1. The van der Waals surface area contributed by atoms with Crippen molar-refractivity contribution in [2.45, 2.75) is 19.4 Å². The summed E-state index contributed by atoms with van der Waals surface area (Å²) in [5.74, 6) is 6.41. The maximum absolute atomic E-state index is 11.3. The first-order valence-electron chi connectivity index (χ1n) is 7.57. The quantitative estimate of drug-likeness (QED) is 0.258. The molecule has 1 heterocycles. The van der Waals surface area contributed by atoms with E-state index >= 15 is 0 Å². The van der Waals surface area contributed by atoms with E-state index in [4.69, 9.17) is 0 Å². The van der Waals surface area contributed by atoms with E-state index in [0.29, 0.717) is 0 Å². The molecule has 0 bridgehead atoms. The van der Waals surface area contributed by atoms with Gasteiger partial charge < -0.3 is 4.57 Å². The molecule has 3 heteroatoms. The van der Waals surface area contributed by atoms with Gasteiger partial charge in [0.05, 0.1) is 9.26 Å². The number of hydrogen-bond donors (Lipinski definition) is 0. The monoisotopic (exact) mass is 413 g/mol. The summed E-state index contributed by atoms with van der Waals surface area (Å²) < 4.78 is 3.22. The third-order valence-electron chi connectivity index (χ3n) is 3.75. The molecule has 0 spiro atoms. The fourth-order valence-electron chi connectivity index (χ4n) is 2.64. The van der Waals surface area contributed by atoms with Crippen LogP contribution < -0.4 is 0 Å². The smallest absolute Gasteiger partial charge is 0.153 e. The first kappa shape index (κ1) is 15.8. The van der Waals surface area contributed by atoms with Gasteiger partial charge in [0.2, 0.25) is 0 Å². The third kappa shape index (κ3) is 3.48. The molecule has 0 N–H and O–H groups in total. The Morgan fingerprint density at radius 1 is 1.04 bits per heavy atom. The average Bonchev–Trinajstić information content (AvgIpc) is 2.87. The predicted molar refractivity (Wildman–Crippen MR) is 103 cm³/mol. The molecular formula is C20H16INO. The Bertz CT molecular complexity index is 884. The van der Waals surface area contributed by atoms with Gasteiger partial charge in [-0.2, -0.15) is 0 Å². The number of unbranched alkanes of at least 4 members (excludes halogenated alkanes) is 1. The van der Waals surface area contributed by atoms with Gasteiger partial charge in [0.15, 0.2) is 6.29 Å². The summed E-state index contributed by atoms with van der Waals surface area (Å²) in [6.07, 6.45) is 2.76. The molecule has 0 aliphatic heterocycles. The Hall–Kier alpha value is -2.06. The van der Waals surface area contributed by atoms with E-state index in [1.54, 1.807) is 0 Å². The molecule has 0 aliphatic rings. The van der Waals surface area contributed by atoms with Crippen LogP contribution in [-0.4, -0.2) is 10.9 Å². The highest BCUT2D eigenvalue weighted by Crippen LogP contribution is 2.26. The number of hydrogen-bond acceptors (Lipinski definition) is 1. The van der Waals surface area contributed by atoms with Crippen molar-refractivity contribution in [2.24, 2.45) is 0 Å². The second kappa shape index (κ2) is 7.47. The maximum Gasteiger partial charge on any atom is 0.153 e. The highest BCUT2D eigenvalue weighted by Gasteiger charge is 2.13. The topological polar surface area (TPSA) is 22.0 Å². The fraction of sp³-hybridized carbons (Fsp3) is 0.150. The average molecular weight is 413 g/mol. The second-order valence-electron chi connectivity index (χ2n) is 5.26.